The van der Waals surface area contributed by atoms with Crippen molar-refractivity contribution in [2.75, 3.05) is 5.32 Å². The molecule has 0 radical (unpaired) electrons. The van der Waals surface area contributed by atoms with Gasteiger partial charge in [-0.1, -0.05) is 29.3 Å². The van der Waals surface area contributed by atoms with Gasteiger partial charge in [0.1, 0.15) is 0 Å². The number of aryl methyl sites for hydroxylation is 2. The highest BCUT2D eigenvalue weighted by Crippen LogP contribution is 2.14. The van der Waals surface area contributed by atoms with Crippen molar-refractivity contribution < 1.29 is 14.7 Å². The first kappa shape index (κ1) is 14.8. The zero-order valence-corrected chi connectivity index (χ0v) is 12.0. The molecule has 0 unspecified atom stereocenters. The second kappa shape index (κ2) is 6.22. The van der Waals surface area contributed by atoms with Gasteiger partial charge in [-0.25, -0.2) is 0 Å². The van der Waals surface area contributed by atoms with E-state index in [1.165, 1.54) is 0 Å². The first-order valence-electron chi connectivity index (χ1n) is 6.64. The third-order valence-electron chi connectivity index (χ3n) is 3.05. The van der Waals surface area contributed by atoms with Crippen LogP contribution in [0, 0.1) is 13.8 Å². The van der Waals surface area contributed by atoms with Crippen LogP contribution in [0.1, 0.15) is 27.0 Å². The summed E-state index contributed by atoms with van der Waals surface area (Å²) < 4.78 is 0. The van der Waals surface area contributed by atoms with Gasteiger partial charge in [-0.2, -0.15) is 0 Å². The summed E-state index contributed by atoms with van der Waals surface area (Å²) >= 11 is 0. The first-order chi connectivity index (χ1) is 9.94. The molecule has 2 aromatic carbocycles. The van der Waals surface area contributed by atoms with Gasteiger partial charge in [-0.3, -0.25) is 9.59 Å². The number of benzene rings is 2. The summed E-state index contributed by atoms with van der Waals surface area (Å²) in [5, 5.41) is 11.5. The normalized spacial score (nSPS) is 10.2. The molecule has 2 N–H and O–H groups in total. The minimum Gasteiger partial charge on any atom is -0.481 e. The van der Waals surface area contributed by atoms with E-state index in [9.17, 15) is 9.59 Å². The van der Waals surface area contributed by atoms with Gasteiger partial charge < -0.3 is 10.4 Å². The Balaban J connectivity index is 2.10. The minimum atomic E-state index is -0.873. The highest BCUT2D eigenvalue weighted by Gasteiger charge is 2.07. The summed E-state index contributed by atoms with van der Waals surface area (Å²) in [5.41, 5.74) is 4.04. The Morgan fingerprint density at radius 1 is 1.00 bits per heavy atom. The second-order valence-corrected chi connectivity index (χ2v) is 5.10. The quantitative estimate of drug-likeness (QED) is 0.905. The molecule has 0 aromatic heterocycles. The average molecular weight is 283 g/mol. The molecular weight excluding hydrogens is 266 g/mol. The number of carbonyl (C=O) groups is 2. The third kappa shape index (κ3) is 4.18. The Morgan fingerprint density at radius 2 is 1.57 bits per heavy atom. The fourth-order valence-corrected chi connectivity index (χ4v) is 2.19. The van der Waals surface area contributed by atoms with E-state index in [0.29, 0.717) is 16.8 Å². The SMILES string of the molecule is Cc1cc(C)cc(C(=O)Nc2ccc(CC(=O)O)cc2)c1. The van der Waals surface area contributed by atoms with E-state index < -0.39 is 5.97 Å². The van der Waals surface area contributed by atoms with Crippen molar-refractivity contribution in [2.24, 2.45) is 0 Å². The average Bonchev–Trinajstić information content (AvgIpc) is 2.39. The van der Waals surface area contributed by atoms with Crippen molar-refractivity contribution in [1.82, 2.24) is 0 Å². The van der Waals surface area contributed by atoms with Crippen molar-refractivity contribution in [3.63, 3.8) is 0 Å². The predicted octanol–water partition coefficient (Wildman–Crippen LogP) is 3.18. The number of hydrogen-bond acceptors (Lipinski definition) is 2. The van der Waals surface area contributed by atoms with Gasteiger partial charge in [0.15, 0.2) is 0 Å². The van der Waals surface area contributed by atoms with Crippen LogP contribution in [0.2, 0.25) is 0 Å². The molecule has 21 heavy (non-hydrogen) atoms. The summed E-state index contributed by atoms with van der Waals surface area (Å²) in [7, 11) is 0. The van der Waals surface area contributed by atoms with E-state index in [2.05, 4.69) is 5.32 Å². The molecule has 0 atom stereocenters. The summed E-state index contributed by atoms with van der Waals surface area (Å²) in [4.78, 5) is 22.8. The van der Waals surface area contributed by atoms with Crippen LogP contribution in [-0.4, -0.2) is 17.0 Å². The molecule has 0 fully saturated rings. The fourth-order valence-electron chi connectivity index (χ4n) is 2.19. The van der Waals surface area contributed by atoms with E-state index >= 15 is 0 Å². The molecule has 0 bridgehead atoms. The van der Waals surface area contributed by atoms with Gasteiger partial charge in [0.25, 0.3) is 5.91 Å². The number of carbonyl (C=O) groups excluding carboxylic acids is 1. The standard InChI is InChI=1S/C17H17NO3/c1-11-7-12(2)9-14(8-11)17(21)18-15-5-3-13(4-6-15)10-16(19)20/h3-9H,10H2,1-2H3,(H,18,21)(H,19,20). The summed E-state index contributed by atoms with van der Waals surface area (Å²) in [6.45, 7) is 3.90. The van der Waals surface area contributed by atoms with E-state index in [1.54, 1.807) is 24.3 Å². The third-order valence-corrected chi connectivity index (χ3v) is 3.05. The van der Waals surface area contributed by atoms with Crippen LogP contribution in [0.25, 0.3) is 0 Å². The van der Waals surface area contributed by atoms with Gasteiger partial charge in [-0.05, 0) is 43.7 Å². The zero-order valence-electron chi connectivity index (χ0n) is 12.0. The summed E-state index contributed by atoms with van der Waals surface area (Å²) in [5.74, 6) is -1.05. The molecule has 4 heteroatoms. The van der Waals surface area contributed by atoms with Crippen LogP contribution in [0.15, 0.2) is 42.5 Å². The Kier molecular flexibility index (Phi) is 4.38. The van der Waals surface area contributed by atoms with E-state index in [0.717, 1.165) is 11.1 Å². The van der Waals surface area contributed by atoms with Crippen molar-refractivity contribution in [2.45, 2.75) is 20.3 Å². The molecule has 0 aliphatic carbocycles. The Labute approximate surface area is 123 Å². The van der Waals surface area contributed by atoms with Crippen molar-refractivity contribution >= 4 is 17.6 Å². The summed E-state index contributed by atoms with van der Waals surface area (Å²) in [6, 6.07) is 12.5. The molecule has 0 aliphatic rings. The Hall–Kier alpha value is -2.62. The first-order valence-corrected chi connectivity index (χ1v) is 6.64. The predicted molar refractivity (Wildman–Crippen MR) is 81.7 cm³/mol. The lowest BCUT2D eigenvalue weighted by Crippen LogP contribution is -2.12. The van der Waals surface area contributed by atoms with Gasteiger partial charge in [0.05, 0.1) is 6.42 Å². The maximum atomic E-state index is 12.2. The highest BCUT2D eigenvalue weighted by atomic mass is 16.4. The second-order valence-electron chi connectivity index (χ2n) is 5.10. The maximum Gasteiger partial charge on any atom is 0.307 e. The monoisotopic (exact) mass is 283 g/mol. The summed E-state index contributed by atoms with van der Waals surface area (Å²) in [6.07, 6.45) is -0.0225. The number of anilines is 1. The number of hydrogen-bond donors (Lipinski definition) is 2. The van der Waals surface area contributed by atoms with Gasteiger partial charge in [-0.15, -0.1) is 0 Å². The van der Waals surface area contributed by atoms with Crippen LogP contribution in [-0.2, 0) is 11.2 Å². The van der Waals surface area contributed by atoms with Crippen LogP contribution < -0.4 is 5.32 Å². The molecule has 108 valence electrons. The molecule has 4 nitrogen and oxygen atoms in total. The minimum absolute atomic E-state index is 0.0225. The maximum absolute atomic E-state index is 12.2. The van der Waals surface area contributed by atoms with Crippen LogP contribution in [0.4, 0.5) is 5.69 Å². The van der Waals surface area contributed by atoms with E-state index in [-0.39, 0.29) is 12.3 Å². The molecule has 0 saturated heterocycles. The molecule has 2 rings (SSSR count). The van der Waals surface area contributed by atoms with Gasteiger partial charge >= 0.3 is 5.97 Å². The number of amides is 1. The lowest BCUT2D eigenvalue weighted by molar-refractivity contribution is -0.136. The zero-order chi connectivity index (χ0) is 15.4. The molecular formula is C17H17NO3. The highest BCUT2D eigenvalue weighted by molar-refractivity contribution is 6.04. The lowest BCUT2D eigenvalue weighted by atomic mass is 10.1. The number of carboxylic acid groups (broad SMARTS) is 1. The van der Waals surface area contributed by atoms with Gasteiger partial charge in [0, 0.05) is 11.3 Å². The Bertz CT molecular complexity index is 655. The number of nitrogens with one attached hydrogen (secondary N) is 1. The van der Waals surface area contributed by atoms with Crippen molar-refractivity contribution in [3.05, 3.63) is 64.7 Å². The number of aliphatic carboxylic acids is 1. The van der Waals surface area contributed by atoms with Gasteiger partial charge in [0.2, 0.25) is 0 Å². The van der Waals surface area contributed by atoms with E-state index in [1.807, 2.05) is 32.0 Å². The molecule has 1 amide bonds. The topological polar surface area (TPSA) is 66.4 Å². The number of rotatable bonds is 4. The van der Waals surface area contributed by atoms with Crippen LogP contribution in [0.3, 0.4) is 0 Å². The Morgan fingerprint density at radius 3 is 2.10 bits per heavy atom. The largest absolute Gasteiger partial charge is 0.481 e. The molecule has 0 heterocycles. The lowest BCUT2D eigenvalue weighted by Gasteiger charge is -2.08. The molecule has 0 aliphatic heterocycles. The number of carboxylic acids is 1. The van der Waals surface area contributed by atoms with E-state index in [4.69, 9.17) is 5.11 Å². The van der Waals surface area contributed by atoms with Crippen LogP contribution >= 0.6 is 0 Å². The van der Waals surface area contributed by atoms with Crippen LogP contribution in [0.5, 0.6) is 0 Å². The molecule has 2 aromatic rings. The fraction of sp³-hybridized carbons (Fsp3) is 0.176. The smallest absolute Gasteiger partial charge is 0.307 e. The van der Waals surface area contributed by atoms with Crippen molar-refractivity contribution in [1.29, 1.82) is 0 Å². The van der Waals surface area contributed by atoms with Crippen molar-refractivity contribution in [3.8, 4) is 0 Å². The molecule has 0 spiro atoms. The molecule has 0 saturated carbocycles.